The standard InChI is InChI=1S/C22H27NO3/c1-4-25-20-11-9-18(10-12-20)22(24)23(16(2)3)14-17-13-19-7-5-6-8-21(19)26-15-17/h5-12,16-17H,4,13-15H2,1-3H3/t17-/m1/s1. The predicted octanol–water partition coefficient (Wildman–Crippen LogP) is 4.19. The lowest BCUT2D eigenvalue weighted by Gasteiger charge is -2.33. The Kier molecular flexibility index (Phi) is 5.82. The Balaban J connectivity index is 1.70. The molecule has 2 aromatic carbocycles. The van der Waals surface area contributed by atoms with Gasteiger partial charge < -0.3 is 14.4 Å². The van der Waals surface area contributed by atoms with Crippen molar-refractivity contribution < 1.29 is 14.3 Å². The van der Waals surface area contributed by atoms with Gasteiger partial charge in [-0.15, -0.1) is 0 Å². The van der Waals surface area contributed by atoms with Crippen LogP contribution in [0.15, 0.2) is 48.5 Å². The SMILES string of the molecule is CCOc1ccc(C(=O)N(C[C@@H]2COc3ccccc3C2)C(C)C)cc1. The molecule has 3 rings (SSSR count). The molecule has 0 radical (unpaired) electrons. The number of nitrogens with zero attached hydrogens (tertiary/aromatic N) is 1. The Hall–Kier alpha value is -2.49. The van der Waals surface area contributed by atoms with Gasteiger partial charge >= 0.3 is 0 Å². The summed E-state index contributed by atoms with van der Waals surface area (Å²) in [6.07, 6.45) is 0.940. The third kappa shape index (κ3) is 4.18. The van der Waals surface area contributed by atoms with Crippen LogP contribution < -0.4 is 9.47 Å². The molecule has 0 bridgehead atoms. The van der Waals surface area contributed by atoms with Crippen LogP contribution in [-0.4, -0.2) is 36.6 Å². The Morgan fingerprint density at radius 1 is 1.19 bits per heavy atom. The summed E-state index contributed by atoms with van der Waals surface area (Å²) in [5.41, 5.74) is 1.92. The average Bonchev–Trinajstić information content (AvgIpc) is 2.66. The zero-order valence-electron chi connectivity index (χ0n) is 15.8. The minimum absolute atomic E-state index is 0.0573. The third-order valence-corrected chi connectivity index (χ3v) is 4.71. The largest absolute Gasteiger partial charge is 0.494 e. The van der Waals surface area contributed by atoms with Crippen molar-refractivity contribution in [2.75, 3.05) is 19.8 Å². The molecule has 1 aliphatic rings. The lowest BCUT2D eigenvalue weighted by Crippen LogP contribution is -2.43. The first kappa shape index (κ1) is 18.3. The zero-order valence-corrected chi connectivity index (χ0v) is 15.8. The van der Waals surface area contributed by atoms with E-state index in [0.29, 0.717) is 31.2 Å². The summed E-state index contributed by atoms with van der Waals surface area (Å²) in [6.45, 7) is 8.03. The topological polar surface area (TPSA) is 38.8 Å². The van der Waals surface area contributed by atoms with E-state index in [9.17, 15) is 4.79 Å². The van der Waals surface area contributed by atoms with Crippen LogP contribution in [0.2, 0.25) is 0 Å². The Morgan fingerprint density at radius 3 is 2.62 bits per heavy atom. The summed E-state index contributed by atoms with van der Waals surface area (Å²) in [5.74, 6) is 2.12. The second kappa shape index (κ2) is 8.26. The van der Waals surface area contributed by atoms with Crippen molar-refractivity contribution in [2.45, 2.75) is 33.2 Å². The van der Waals surface area contributed by atoms with E-state index < -0.39 is 0 Å². The highest BCUT2D eigenvalue weighted by molar-refractivity contribution is 5.94. The van der Waals surface area contributed by atoms with Crippen LogP contribution in [0.3, 0.4) is 0 Å². The summed E-state index contributed by atoms with van der Waals surface area (Å²) >= 11 is 0. The van der Waals surface area contributed by atoms with Crippen molar-refractivity contribution in [2.24, 2.45) is 5.92 Å². The van der Waals surface area contributed by atoms with E-state index in [1.807, 2.05) is 54.3 Å². The molecular weight excluding hydrogens is 326 g/mol. The lowest BCUT2D eigenvalue weighted by atomic mass is 9.95. The molecule has 0 aliphatic carbocycles. The maximum atomic E-state index is 13.0. The first-order valence-electron chi connectivity index (χ1n) is 9.33. The van der Waals surface area contributed by atoms with Crippen LogP contribution >= 0.6 is 0 Å². The molecule has 0 saturated heterocycles. The number of fused-ring (bicyclic) bond motifs is 1. The van der Waals surface area contributed by atoms with Crippen molar-refractivity contribution in [3.63, 3.8) is 0 Å². The Labute approximate surface area is 155 Å². The van der Waals surface area contributed by atoms with Crippen molar-refractivity contribution >= 4 is 5.91 Å². The maximum Gasteiger partial charge on any atom is 0.254 e. The molecule has 138 valence electrons. The molecule has 1 aliphatic heterocycles. The fraction of sp³-hybridized carbons (Fsp3) is 0.409. The average molecular weight is 353 g/mol. The first-order valence-corrected chi connectivity index (χ1v) is 9.33. The molecule has 0 saturated carbocycles. The summed E-state index contributed by atoms with van der Waals surface area (Å²) < 4.78 is 11.4. The lowest BCUT2D eigenvalue weighted by molar-refractivity contribution is 0.0636. The van der Waals surface area contributed by atoms with Crippen LogP contribution in [0, 0.1) is 5.92 Å². The smallest absolute Gasteiger partial charge is 0.254 e. The third-order valence-electron chi connectivity index (χ3n) is 4.71. The first-order chi connectivity index (χ1) is 12.6. The molecule has 1 atom stereocenters. The van der Waals surface area contributed by atoms with Crippen LogP contribution in [-0.2, 0) is 6.42 Å². The molecule has 26 heavy (non-hydrogen) atoms. The van der Waals surface area contributed by atoms with Gasteiger partial charge in [0.1, 0.15) is 11.5 Å². The van der Waals surface area contributed by atoms with Gasteiger partial charge in [0.15, 0.2) is 0 Å². The van der Waals surface area contributed by atoms with Crippen LogP contribution in [0.4, 0.5) is 0 Å². The fourth-order valence-electron chi connectivity index (χ4n) is 3.34. The monoisotopic (exact) mass is 353 g/mol. The summed E-state index contributed by atoms with van der Waals surface area (Å²) in [6, 6.07) is 15.7. The number of para-hydroxylation sites is 1. The molecule has 4 heteroatoms. The number of benzene rings is 2. The Bertz CT molecular complexity index is 739. The van der Waals surface area contributed by atoms with Gasteiger partial charge in [-0.25, -0.2) is 0 Å². The molecule has 1 amide bonds. The predicted molar refractivity (Wildman–Crippen MR) is 103 cm³/mol. The molecule has 0 aromatic heterocycles. The van der Waals surface area contributed by atoms with Gasteiger partial charge in [-0.2, -0.15) is 0 Å². The zero-order chi connectivity index (χ0) is 18.5. The van der Waals surface area contributed by atoms with Gasteiger partial charge in [0.25, 0.3) is 5.91 Å². The molecule has 0 N–H and O–H groups in total. The summed E-state index contributed by atoms with van der Waals surface area (Å²) in [5, 5.41) is 0. The maximum absolute atomic E-state index is 13.0. The number of ether oxygens (including phenoxy) is 2. The minimum Gasteiger partial charge on any atom is -0.494 e. The quantitative estimate of drug-likeness (QED) is 0.782. The molecular formula is C22H27NO3. The highest BCUT2D eigenvalue weighted by atomic mass is 16.5. The number of amides is 1. The molecule has 0 fully saturated rings. The minimum atomic E-state index is 0.0573. The number of hydrogen-bond acceptors (Lipinski definition) is 3. The van der Waals surface area contributed by atoms with Gasteiger partial charge in [-0.1, -0.05) is 18.2 Å². The van der Waals surface area contributed by atoms with Crippen LogP contribution in [0.25, 0.3) is 0 Å². The second-order valence-electron chi connectivity index (χ2n) is 7.00. The van der Waals surface area contributed by atoms with Gasteiger partial charge in [0.2, 0.25) is 0 Å². The normalized spacial score (nSPS) is 15.9. The summed E-state index contributed by atoms with van der Waals surface area (Å²) in [7, 11) is 0. The number of hydrogen-bond donors (Lipinski definition) is 0. The van der Waals surface area contributed by atoms with Crippen LogP contribution in [0.5, 0.6) is 11.5 Å². The number of carbonyl (C=O) groups is 1. The van der Waals surface area contributed by atoms with Crippen molar-refractivity contribution in [3.8, 4) is 11.5 Å². The Morgan fingerprint density at radius 2 is 1.92 bits per heavy atom. The van der Waals surface area contributed by atoms with Crippen molar-refractivity contribution in [3.05, 3.63) is 59.7 Å². The molecule has 4 nitrogen and oxygen atoms in total. The van der Waals surface area contributed by atoms with Crippen molar-refractivity contribution in [1.29, 1.82) is 0 Å². The van der Waals surface area contributed by atoms with Crippen LogP contribution in [0.1, 0.15) is 36.7 Å². The van der Waals surface area contributed by atoms with Crippen molar-refractivity contribution in [1.82, 2.24) is 4.90 Å². The highest BCUT2D eigenvalue weighted by Crippen LogP contribution is 2.28. The van der Waals surface area contributed by atoms with E-state index >= 15 is 0 Å². The van der Waals surface area contributed by atoms with E-state index in [1.165, 1.54) is 5.56 Å². The van der Waals surface area contributed by atoms with E-state index in [2.05, 4.69) is 19.9 Å². The van der Waals surface area contributed by atoms with Gasteiger partial charge in [-0.3, -0.25) is 4.79 Å². The van der Waals surface area contributed by atoms with Gasteiger partial charge in [-0.05, 0) is 63.1 Å². The van der Waals surface area contributed by atoms with E-state index in [0.717, 1.165) is 17.9 Å². The molecule has 0 spiro atoms. The summed E-state index contributed by atoms with van der Waals surface area (Å²) in [4.78, 5) is 15.0. The van der Waals surface area contributed by atoms with Gasteiger partial charge in [0.05, 0.1) is 13.2 Å². The number of carbonyl (C=O) groups excluding carboxylic acids is 1. The number of rotatable bonds is 6. The molecule has 0 unspecified atom stereocenters. The molecule has 2 aromatic rings. The highest BCUT2D eigenvalue weighted by Gasteiger charge is 2.26. The fourth-order valence-corrected chi connectivity index (χ4v) is 3.34. The van der Waals surface area contributed by atoms with Gasteiger partial charge in [0, 0.05) is 24.1 Å². The molecule has 1 heterocycles. The van der Waals surface area contributed by atoms with E-state index in [-0.39, 0.29) is 11.9 Å². The van der Waals surface area contributed by atoms with E-state index in [4.69, 9.17) is 9.47 Å². The second-order valence-corrected chi connectivity index (χ2v) is 7.00. The van der Waals surface area contributed by atoms with E-state index in [1.54, 1.807) is 0 Å².